The van der Waals surface area contributed by atoms with Gasteiger partial charge >= 0.3 is 12.0 Å². The predicted octanol–water partition coefficient (Wildman–Crippen LogP) is -0.131. The number of nitrogens with zero attached hydrogens (tertiary/aromatic N) is 1. The molecule has 1 aliphatic rings. The van der Waals surface area contributed by atoms with Crippen LogP contribution in [-0.4, -0.2) is 39.2 Å². The van der Waals surface area contributed by atoms with Crippen molar-refractivity contribution in [2.75, 3.05) is 6.54 Å². The number of hydrogen-bond donors (Lipinski definition) is 4. The van der Waals surface area contributed by atoms with Crippen molar-refractivity contribution in [1.82, 2.24) is 20.6 Å². The van der Waals surface area contributed by atoms with Crippen molar-refractivity contribution in [1.29, 1.82) is 0 Å². The molecule has 0 saturated heterocycles. The van der Waals surface area contributed by atoms with E-state index in [1.807, 2.05) is 0 Å². The summed E-state index contributed by atoms with van der Waals surface area (Å²) in [4.78, 5) is 29.2. The van der Waals surface area contributed by atoms with Gasteiger partial charge in [-0.25, -0.2) is 14.6 Å². The van der Waals surface area contributed by atoms with Crippen LogP contribution in [0.1, 0.15) is 18.7 Å². The number of amides is 2. The molecule has 17 heavy (non-hydrogen) atoms. The summed E-state index contributed by atoms with van der Waals surface area (Å²) in [6.45, 7) is 0.412. The first-order valence-electron chi connectivity index (χ1n) is 5.40. The highest BCUT2D eigenvalue weighted by Gasteiger charge is 2.51. The zero-order chi connectivity index (χ0) is 12.3. The van der Waals surface area contributed by atoms with E-state index >= 15 is 0 Å². The highest BCUT2D eigenvalue weighted by atomic mass is 16.4. The maximum Gasteiger partial charge on any atom is 0.329 e. The van der Waals surface area contributed by atoms with Gasteiger partial charge in [0.2, 0.25) is 0 Å². The number of H-pyrrole nitrogens is 1. The number of carboxylic acids is 1. The second kappa shape index (κ2) is 4.44. The number of aromatic nitrogens is 2. The van der Waals surface area contributed by atoms with Crippen LogP contribution in [0.4, 0.5) is 4.79 Å². The van der Waals surface area contributed by atoms with Gasteiger partial charge in [-0.3, -0.25) is 0 Å². The van der Waals surface area contributed by atoms with Gasteiger partial charge in [-0.2, -0.15) is 0 Å². The highest BCUT2D eigenvalue weighted by Crippen LogP contribution is 2.35. The number of hydrogen-bond acceptors (Lipinski definition) is 3. The molecular weight excluding hydrogens is 224 g/mol. The van der Waals surface area contributed by atoms with E-state index in [2.05, 4.69) is 20.6 Å². The third-order valence-electron chi connectivity index (χ3n) is 2.71. The number of carbonyl (C=O) groups is 2. The number of aromatic amines is 1. The van der Waals surface area contributed by atoms with Crippen LogP contribution in [0.15, 0.2) is 12.4 Å². The Morgan fingerprint density at radius 3 is 2.82 bits per heavy atom. The number of urea groups is 1. The van der Waals surface area contributed by atoms with Crippen LogP contribution in [0.5, 0.6) is 0 Å². The van der Waals surface area contributed by atoms with Crippen molar-refractivity contribution < 1.29 is 14.7 Å². The molecule has 1 heterocycles. The zero-order valence-corrected chi connectivity index (χ0v) is 9.19. The molecule has 1 aromatic heterocycles. The van der Waals surface area contributed by atoms with Gasteiger partial charge in [0, 0.05) is 25.4 Å². The molecule has 0 aromatic carbocycles. The van der Waals surface area contributed by atoms with E-state index in [4.69, 9.17) is 5.11 Å². The molecule has 4 N–H and O–H groups in total. The van der Waals surface area contributed by atoms with Gasteiger partial charge < -0.3 is 20.7 Å². The lowest BCUT2D eigenvalue weighted by atomic mass is 10.3. The molecule has 1 saturated carbocycles. The Bertz CT molecular complexity index is 411. The average molecular weight is 238 g/mol. The minimum Gasteiger partial charge on any atom is -0.480 e. The Morgan fingerprint density at radius 2 is 2.29 bits per heavy atom. The summed E-state index contributed by atoms with van der Waals surface area (Å²) in [5, 5.41) is 13.9. The Balaban J connectivity index is 1.70. The largest absolute Gasteiger partial charge is 0.480 e. The normalized spacial score (nSPS) is 16.2. The monoisotopic (exact) mass is 238 g/mol. The Kier molecular flexibility index (Phi) is 2.99. The number of nitrogens with one attached hydrogen (secondary N) is 3. The predicted molar refractivity (Wildman–Crippen MR) is 58.4 cm³/mol. The van der Waals surface area contributed by atoms with Crippen molar-refractivity contribution in [3.05, 3.63) is 18.2 Å². The third kappa shape index (κ3) is 2.74. The maximum absolute atomic E-state index is 11.4. The molecule has 0 bridgehead atoms. The third-order valence-corrected chi connectivity index (χ3v) is 2.71. The SMILES string of the molecule is O=C(NCCc1ncc[nH]1)NC1(C(=O)O)CC1. The summed E-state index contributed by atoms with van der Waals surface area (Å²) >= 11 is 0. The van der Waals surface area contributed by atoms with E-state index < -0.39 is 17.5 Å². The number of rotatable bonds is 5. The molecule has 1 aromatic rings. The van der Waals surface area contributed by atoms with Crippen molar-refractivity contribution in [3.63, 3.8) is 0 Å². The molecule has 2 rings (SSSR count). The van der Waals surface area contributed by atoms with Crippen LogP contribution in [0, 0.1) is 0 Å². The fourth-order valence-corrected chi connectivity index (χ4v) is 1.51. The van der Waals surface area contributed by atoms with Crippen molar-refractivity contribution in [3.8, 4) is 0 Å². The van der Waals surface area contributed by atoms with Crippen LogP contribution in [0.3, 0.4) is 0 Å². The average Bonchev–Trinajstić information content (AvgIpc) is 2.87. The molecule has 92 valence electrons. The Hall–Kier alpha value is -2.05. The number of carboxylic acid groups (broad SMARTS) is 1. The minimum atomic E-state index is -1.03. The van der Waals surface area contributed by atoms with E-state index in [1.54, 1.807) is 12.4 Å². The lowest BCUT2D eigenvalue weighted by Gasteiger charge is -2.12. The molecular formula is C10H14N4O3. The summed E-state index contributed by atoms with van der Waals surface area (Å²) in [5.74, 6) is -0.191. The Labute approximate surface area is 97.6 Å². The topological polar surface area (TPSA) is 107 Å². The molecule has 0 unspecified atom stereocenters. The van der Waals surface area contributed by atoms with Gasteiger partial charge in [0.05, 0.1) is 0 Å². The summed E-state index contributed by atoms with van der Waals surface area (Å²) in [5.41, 5.74) is -1.03. The van der Waals surface area contributed by atoms with Gasteiger partial charge in [-0.15, -0.1) is 0 Å². The molecule has 7 heteroatoms. The smallest absolute Gasteiger partial charge is 0.329 e. The first kappa shape index (κ1) is 11.4. The van der Waals surface area contributed by atoms with Crippen LogP contribution in [-0.2, 0) is 11.2 Å². The van der Waals surface area contributed by atoms with E-state index in [9.17, 15) is 9.59 Å². The fraction of sp³-hybridized carbons (Fsp3) is 0.500. The van der Waals surface area contributed by atoms with Crippen molar-refractivity contribution in [2.45, 2.75) is 24.8 Å². The van der Waals surface area contributed by atoms with E-state index in [0.717, 1.165) is 5.82 Å². The summed E-state index contributed by atoms with van der Waals surface area (Å²) in [7, 11) is 0. The molecule has 1 aliphatic carbocycles. The molecule has 2 amide bonds. The summed E-state index contributed by atoms with van der Waals surface area (Å²) in [6, 6.07) is -0.448. The number of carbonyl (C=O) groups excluding carboxylic acids is 1. The minimum absolute atomic E-state index is 0.412. The highest BCUT2D eigenvalue weighted by molar-refractivity contribution is 5.88. The van der Waals surface area contributed by atoms with Crippen LogP contribution >= 0.6 is 0 Å². The lowest BCUT2D eigenvalue weighted by molar-refractivity contribution is -0.140. The molecule has 0 aliphatic heterocycles. The van der Waals surface area contributed by atoms with E-state index in [1.165, 1.54) is 0 Å². The Morgan fingerprint density at radius 1 is 1.53 bits per heavy atom. The van der Waals surface area contributed by atoms with Gasteiger partial charge in [-0.05, 0) is 12.8 Å². The van der Waals surface area contributed by atoms with Gasteiger partial charge in [0.25, 0.3) is 0 Å². The van der Waals surface area contributed by atoms with Gasteiger partial charge in [-0.1, -0.05) is 0 Å². The van der Waals surface area contributed by atoms with Gasteiger partial charge in [0.15, 0.2) is 0 Å². The van der Waals surface area contributed by atoms with Crippen LogP contribution in [0.25, 0.3) is 0 Å². The van der Waals surface area contributed by atoms with Crippen molar-refractivity contribution >= 4 is 12.0 Å². The molecule has 0 radical (unpaired) electrons. The molecule has 1 fully saturated rings. The summed E-state index contributed by atoms with van der Waals surface area (Å²) in [6.07, 6.45) is 4.92. The molecule has 7 nitrogen and oxygen atoms in total. The quantitative estimate of drug-likeness (QED) is 0.573. The molecule has 0 atom stereocenters. The summed E-state index contributed by atoms with van der Waals surface area (Å²) < 4.78 is 0. The van der Waals surface area contributed by atoms with Crippen LogP contribution in [0.2, 0.25) is 0 Å². The maximum atomic E-state index is 11.4. The number of aliphatic carboxylic acids is 1. The first-order chi connectivity index (χ1) is 8.12. The molecule has 0 spiro atoms. The second-order valence-corrected chi connectivity index (χ2v) is 4.05. The van der Waals surface area contributed by atoms with Gasteiger partial charge in [0.1, 0.15) is 11.4 Å². The lowest BCUT2D eigenvalue weighted by Crippen LogP contribution is -2.48. The standard InChI is InChI=1S/C10H14N4O3/c15-8(16)10(2-3-10)14-9(17)13-4-1-7-11-5-6-12-7/h5-6H,1-4H2,(H,11,12)(H,15,16)(H2,13,14,17). The zero-order valence-electron chi connectivity index (χ0n) is 9.19. The second-order valence-electron chi connectivity index (χ2n) is 4.05. The van der Waals surface area contributed by atoms with E-state index in [0.29, 0.717) is 25.8 Å². The van der Waals surface area contributed by atoms with Crippen LogP contribution < -0.4 is 10.6 Å². The first-order valence-corrected chi connectivity index (χ1v) is 5.40. The van der Waals surface area contributed by atoms with Crippen molar-refractivity contribution in [2.24, 2.45) is 0 Å². The number of imidazole rings is 1. The fourth-order valence-electron chi connectivity index (χ4n) is 1.51. The van der Waals surface area contributed by atoms with E-state index in [-0.39, 0.29) is 0 Å².